The Labute approximate surface area is 174 Å². The lowest BCUT2D eigenvalue weighted by Crippen LogP contribution is -2.09. The largest absolute Gasteiger partial charge is 0.382 e. The van der Waals surface area contributed by atoms with Crippen LogP contribution in [-0.4, -0.2) is 29.3 Å². The van der Waals surface area contributed by atoms with E-state index >= 15 is 0 Å². The van der Waals surface area contributed by atoms with Crippen molar-refractivity contribution in [3.63, 3.8) is 0 Å². The van der Waals surface area contributed by atoms with Crippen LogP contribution in [0.1, 0.15) is 0 Å². The molecule has 0 aliphatic carbocycles. The van der Waals surface area contributed by atoms with Crippen LogP contribution in [0.3, 0.4) is 0 Å². The van der Waals surface area contributed by atoms with Crippen molar-refractivity contribution >= 4 is 41.8 Å². The van der Waals surface area contributed by atoms with Crippen molar-refractivity contribution in [2.24, 2.45) is 0 Å². The molecule has 30 heavy (non-hydrogen) atoms. The van der Waals surface area contributed by atoms with E-state index in [1.165, 1.54) is 0 Å². The van der Waals surface area contributed by atoms with Gasteiger partial charge in [-0.2, -0.15) is 16.8 Å². The van der Waals surface area contributed by atoms with Crippen LogP contribution < -0.4 is 8.37 Å². The normalized spacial score (nSPS) is 12.2. The van der Waals surface area contributed by atoms with E-state index in [9.17, 15) is 16.8 Å². The molecule has 4 aromatic carbocycles. The summed E-state index contributed by atoms with van der Waals surface area (Å²) >= 11 is 0. The van der Waals surface area contributed by atoms with Gasteiger partial charge in [-0.1, -0.05) is 60.7 Å². The third kappa shape index (κ3) is 4.10. The van der Waals surface area contributed by atoms with Crippen LogP contribution in [0.25, 0.3) is 32.7 Å². The molecule has 0 aromatic heterocycles. The molecule has 154 valence electrons. The molecule has 4 aromatic rings. The Balaban J connectivity index is 2.18. The maximum absolute atomic E-state index is 11.9. The minimum Gasteiger partial charge on any atom is -0.382 e. The molecule has 0 heterocycles. The maximum Gasteiger partial charge on any atom is 0.306 e. The molecule has 0 amide bonds. The van der Waals surface area contributed by atoms with Crippen molar-refractivity contribution in [2.45, 2.75) is 0 Å². The lowest BCUT2D eigenvalue weighted by atomic mass is 9.92. The molecule has 0 N–H and O–H groups in total. The summed E-state index contributed by atoms with van der Waals surface area (Å²) in [5, 5.41) is 3.08. The second-order valence-corrected chi connectivity index (χ2v) is 10.0. The molecule has 4 rings (SSSR count). The minimum atomic E-state index is -3.84. The lowest BCUT2D eigenvalue weighted by molar-refractivity contribution is 0.489. The highest BCUT2D eigenvalue weighted by Crippen LogP contribution is 2.46. The molecule has 0 aliphatic rings. The first kappa shape index (κ1) is 20.2. The molecule has 0 spiro atoms. The van der Waals surface area contributed by atoms with Gasteiger partial charge in [-0.25, -0.2) is 0 Å². The second-order valence-electron chi connectivity index (χ2n) is 6.89. The SMILES string of the molecule is CS(=O)(=O)Oc1ccc2ccccc2c1-c1c(OS(C)(=O)=O)ccc2ccccc12. The van der Waals surface area contributed by atoms with Crippen molar-refractivity contribution in [3.8, 4) is 22.6 Å². The Morgan fingerprint density at radius 2 is 0.900 bits per heavy atom. The summed E-state index contributed by atoms with van der Waals surface area (Å²) in [6, 6.07) is 21.4. The summed E-state index contributed by atoms with van der Waals surface area (Å²) in [4.78, 5) is 0. The van der Waals surface area contributed by atoms with E-state index in [0.717, 1.165) is 23.3 Å². The number of hydrogen-bond acceptors (Lipinski definition) is 6. The number of rotatable bonds is 5. The van der Waals surface area contributed by atoms with Crippen LogP contribution in [0.4, 0.5) is 0 Å². The zero-order valence-electron chi connectivity index (χ0n) is 16.2. The molecular weight excluding hydrogens is 424 g/mol. The van der Waals surface area contributed by atoms with E-state index < -0.39 is 20.2 Å². The van der Waals surface area contributed by atoms with Crippen LogP contribution in [0.15, 0.2) is 72.8 Å². The lowest BCUT2D eigenvalue weighted by Gasteiger charge is -2.18. The van der Waals surface area contributed by atoms with E-state index in [-0.39, 0.29) is 11.5 Å². The average Bonchev–Trinajstić information content (AvgIpc) is 2.66. The minimum absolute atomic E-state index is 0.0888. The summed E-state index contributed by atoms with van der Waals surface area (Å²) < 4.78 is 58.4. The van der Waals surface area contributed by atoms with E-state index in [1.54, 1.807) is 24.3 Å². The van der Waals surface area contributed by atoms with Gasteiger partial charge in [-0.3, -0.25) is 0 Å². The maximum atomic E-state index is 11.9. The van der Waals surface area contributed by atoms with Gasteiger partial charge in [0.25, 0.3) is 0 Å². The van der Waals surface area contributed by atoms with Crippen molar-refractivity contribution in [1.29, 1.82) is 0 Å². The summed E-state index contributed by atoms with van der Waals surface area (Å²) in [6.07, 6.45) is 1.92. The topological polar surface area (TPSA) is 86.7 Å². The first-order valence-corrected chi connectivity index (χ1v) is 12.6. The van der Waals surface area contributed by atoms with Gasteiger partial charge in [-0.15, -0.1) is 0 Å². The molecule has 0 unspecified atom stereocenters. The second kappa shape index (κ2) is 7.30. The van der Waals surface area contributed by atoms with Gasteiger partial charge in [0.2, 0.25) is 0 Å². The highest BCUT2D eigenvalue weighted by molar-refractivity contribution is 7.86. The molecule has 6 nitrogen and oxygen atoms in total. The third-order valence-corrected chi connectivity index (χ3v) is 5.48. The molecule has 0 aliphatic heterocycles. The van der Waals surface area contributed by atoms with Gasteiger partial charge in [0.1, 0.15) is 0 Å². The Bertz CT molecular complexity index is 1370. The Morgan fingerprint density at radius 1 is 0.533 bits per heavy atom. The monoisotopic (exact) mass is 442 g/mol. The van der Waals surface area contributed by atoms with Gasteiger partial charge < -0.3 is 8.37 Å². The Hall–Kier alpha value is -3.10. The molecule has 0 bridgehead atoms. The molecule has 0 saturated heterocycles. The van der Waals surface area contributed by atoms with Gasteiger partial charge in [0.15, 0.2) is 11.5 Å². The first-order chi connectivity index (χ1) is 14.1. The van der Waals surface area contributed by atoms with Crippen LogP contribution in [0, 0.1) is 0 Å². The smallest absolute Gasteiger partial charge is 0.306 e. The molecule has 8 heteroatoms. The van der Waals surface area contributed by atoms with Crippen molar-refractivity contribution in [1.82, 2.24) is 0 Å². The first-order valence-electron chi connectivity index (χ1n) is 8.95. The summed E-state index contributed by atoms with van der Waals surface area (Å²) in [6.45, 7) is 0. The molecular formula is C22H18O6S2. The molecule has 0 radical (unpaired) electrons. The quantitative estimate of drug-likeness (QED) is 0.428. The Morgan fingerprint density at radius 3 is 1.27 bits per heavy atom. The fraction of sp³-hybridized carbons (Fsp3) is 0.0909. The van der Waals surface area contributed by atoms with E-state index in [1.807, 2.05) is 48.5 Å². The van der Waals surface area contributed by atoms with Crippen LogP contribution >= 0.6 is 0 Å². The molecule has 0 fully saturated rings. The predicted octanol–water partition coefficient (Wildman–Crippen LogP) is 4.34. The number of benzene rings is 4. The third-order valence-electron chi connectivity index (χ3n) is 4.51. The fourth-order valence-corrected chi connectivity index (χ4v) is 4.41. The highest BCUT2D eigenvalue weighted by atomic mass is 32.2. The van der Waals surface area contributed by atoms with Gasteiger partial charge in [-0.05, 0) is 33.7 Å². The Kier molecular flexibility index (Phi) is 4.91. The van der Waals surface area contributed by atoms with Crippen LogP contribution in [-0.2, 0) is 20.2 Å². The molecule has 0 atom stereocenters. The van der Waals surface area contributed by atoms with E-state index in [2.05, 4.69) is 0 Å². The molecule has 0 saturated carbocycles. The van der Waals surface area contributed by atoms with E-state index in [4.69, 9.17) is 8.37 Å². The zero-order valence-corrected chi connectivity index (χ0v) is 17.8. The standard InChI is InChI=1S/C22H18O6S2/c1-29(23,24)27-19-13-11-15-7-3-5-9-17(15)21(19)22-18-10-6-4-8-16(18)12-14-20(22)28-30(2,25)26/h3-14H,1-2H3. The summed E-state index contributed by atoms with van der Waals surface area (Å²) in [5.41, 5.74) is 0.878. The van der Waals surface area contributed by atoms with E-state index in [0.29, 0.717) is 21.9 Å². The van der Waals surface area contributed by atoms with Crippen molar-refractivity contribution in [3.05, 3.63) is 72.8 Å². The average molecular weight is 443 g/mol. The van der Waals surface area contributed by atoms with Crippen molar-refractivity contribution in [2.75, 3.05) is 12.5 Å². The summed E-state index contributed by atoms with van der Waals surface area (Å²) in [5.74, 6) is 0.178. The highest BCUT2D eigenvalue weighted by Gasteiger charge is 2.22. The number of fused-ring (bicyclic) bond motifs is 2. The summed E-state index contributed by atoms with van der Waals surface area (Å²) in [7, 11) is -7.67. The zero-order chi connectivity index (χ0) is 21.5. The van der Waals surface area contributed by atoms with Gasteiger partial charge >= 0.3 is 20.2 Å². The van der Waals surface area contributed by atoms with Gasteiger partial charge in [0, 0.05) is 11.1 Å². The van der Waals surface area contributed by atoms with Crippen molar-refractivity contribution < 1.29 is 25.2 Å². The number of hydrogen-bond donors (Lipinski definition) is 0. The fourth-order valence-electron chi connectivity index (χ4n) is 3.48. The van der Waals surface area contributed by atoms with Crippen LogP contribution in [0.2, 0.25) is 0 Å². The predicted molar refractivity (Wildman–Crippen MR) is 118 cm³/mol. The van der Waals surface area contributed by atoms with Crippen LogP contribution in [0.5, 0.6) is 11.5 Å². The van der Waals surface area contributed by atoms with Gasteiger partial charge in [0.05, 0.1) is 12.5 Å².